The summed E-state index contributed by atoms with van der Waals surface area (Å²) < 4.78 is 4.82. The number of rotatable bonds is 3. The minimum atomic E-state index is -0.832. The van der Waals surface area contributed by atoms with Gasteiger partial charge in [0.1, 0.15) is 0 Å². The molecule has 0 aliphatic carbocycles. The first kappa shape index (κ1) is 12.1. The summed E-state index contributed by atoms with van der Waals surface area (Å²) in [6.07, 6.45) is -0.789. The van der Waals surface area contributed by atoms with Gasteiger partial charge in [-0.1, -0.05) is 18.2 Å². The number of benzene rings is 1. The number of esters is 1. The molecule has 6 nitrogen and oxygen atoms in total. The number of nitrogens with one attached hydrogen (secondary N) is 2. The van der Waals surface area contributed by atoms with Gasteiger partial charge < -0.3 is 15.4 Å². The zero-order valence-electron chi connectivity index (χ0n) is 9.67. The van der Waals surface area contributed by atoms with E-state index in [2.05, 4.69) is 10.6 Å². The molecule has 1 aromatic carbocycles. The molecular formula is C12H12N2O4. The fraction of sp³-hybridized carbons (Fsp3) is 0.250. The fourth-order valence-corrected chi connectivity index (χ4v) is 1.59. The van der Waals surface area contributed by atoms with E-state index >= 15 is 0 Å². The summed E-state index contributed by atoms with van der Waals surface area (Å²) in [6, 6.07) is 7.66. The molecule has 1 heterocycles. The topological polar surface area (TPSA) is 84.5 Å². The molecule has 1 aliphatic heterocycles. The SMILES string of the molecule is CC(=O)O[C@@H]1NC(=O)C1NC(=O)c1ccccc1. The molecule has 18 heavy (non-hydrogen) atoms. The van der Waals surface area contributed by atoms with Crippen LogP contribution in [0, 0.1) is 0 Å². The van der Waals surface area contributed by atoms with Crippen molar-refractivity contribution in [2.24, 2.45) is 0 Å². The highest BCUT2D eigenvalue weighted by Crippen LogP contribution is 2.09. The lowest BCUT2D eigenvalue weighted by Gasteiger charge is -2.35. The quantitative estimate of drug-likeness (QED) is 0.573. The highest BCUT2D eigenvalue weighted by molar-refractivity contribution is 5.99. The normalized spacial score (nSPS) is 21.5. The molecule has 1 fully saturated rings. The van der Waals surface area contributed by atoms with Crippen LogP contribution in [0.25, 0.3) is 0 Å². The van der Waals surface area contributed by atoms with Crippen LogP contribution in [0.15, 0.2) is 30.3 Å². The summed E-state index contributed by atoms with van der Waals surface area (Å²) in [4.78, 5) is 33.8. The summed E-state index contributed by atoms with van der Waals surface area (Å²) in [5.41, 5.74) is 0.443. The summed E-state index contributed by atoms with van der Waals surface area (Å²) in [5, 5.41) is 4.89. The first-order valence-electron chi connectivity index (χ1n) is 5.41. The highest BCUT2D eigenvalue weighted by atomic mass is 16.6. The molecule has 0 saturated carbocycles. The van der Waals surface area contributed by atoms with Crippen molar-refractivity contribution in [3.05, 3.63) is 35.9 Å². The number of hydrogen-bond donors (Lipinski definition) is 2. The van der Waals surface area contributed by atoms with Crippen LogP contribution in [0.5, 0.6) is 0 Å². The predicted molar refractivity (Wildman–Crippen MR) is 61.4 cm³/mol. The third-order valence-electron chi connectivity index (χ3n) is 2.49. The molecular weight excluding hydrogens is 236 g/mol. The Labute approximate surface area is 103 Å². The molecule has 0 bridgehead atoms. The number of ether oxygens (including phenoxy) is 1. The number of carbonyl (C=O) groups is 3. The molecule has 6 heteroatoms. The summed E-state index contributed by atoms with van der Waals surface area (Å²) in [6.45, 7) is 1.24. The number of hydrogen-bond acceptors (Lipinski definition) is 4. The molecule has 1 aromatic rings. The van der Waals surface area contributed by atoms with Crippen LogP contribution >= 0.6 is 0 Å². The Bertz CT molecular complexity index is 486. The van der Waals surface area contributed by atoms with Gasteiger partial charge in [0.05, 0.1) is 0 Å². The van der Waals surface area contributed by atoms with Gasteiger partial charge in [-0.05, 0) is 12.1 Å². The lowest BCUT2D eigenvalue weighted by Crippen LogP contribution is -2.70. The molecule has 1 aliphatic rings. The van der Waals surface area contributed by atoms with Crippen molar-refractivity contribution in [1.29, 1.82) is 0 Å². The Hall–Kier alpha value is -2.37. The maximum Gasteiger partial charge on any atom is 0.304 e. The van der Waals surface area contributed by atoms with Crippen LogP contribution in [0.3, 0.4) is 0 Å². The minimum Gasteiger partial charge on any atom is -0.439 e. The predicted octanol–water partition coefficient (Wildman–Crippen LogP) is -0.196. The van der Waals surface area contributed by atoms with E-state index in [0.717, 1.165) is 0 Å². The van der Waals surface area contributed by atoms with Crippen molar-refractivity contribution < 1.29 is 19.1 Å². The first-order chi connectivity index (χ1) is 8.58. The van der Waals surface area contributed by atoms with Crippen LogP contribution in [-0.4, -0.2) is 30.1 Å². The zero-order valence-corrected chi connectivity index (χ0v) is 9.67. The van der Waals surface area contributed by atoms with Crippen molar-refractivity contribution in [2.75, 3.05) is 0 Å². The maximum absolute atomic E-state index is 11.8. The van der Waals surface area contributed by atoms with E-state index in [1.165, 1.54) is 6.92 Å². The smallest absolute Gasteiger partial charge is 0.304 e. The highest BCUT2D eigenvalue weighted by Gasteiger charge is 2.42. The molecule has 1 saturated heterocycles. The van der Waals surface area contributed by atoms with Gasteiger partial charge in [-0.3, -0.25) is 14.4 Å². The van der Waals surface area contributed by atoms with E-state index in [9.17, 15) is 14.4 Å². The van der Waals surface area contributed by atoms with Gasteiger partial charge in [0.2, 0.25) is 6.23 Å². The Morgan fingerprint density at radius 3 is 2.50 bits per heavy atom. The minimum absolute atomic E-state index is 0.370. The third-order valence-corrected chi connectivity index (χ3v) is 2.49. The Morgan fingerprint density at radius 2 is 1.94 bits per heavy atom. The molecule has 1 unspecified atom stereocenters. The second kappa shape index (κ2) is 4.87. The van der Waals surface area contributed by atoms with E-state index in [1.54, 1.807) is 30.3 Å². The van der Waals surface area contributed by atoms with Crippen molar-refractivity contribution in [2.45, 2.75) is 19.2 Å². The second-order valence-electron chi connectivity index (χ2n) is 3.86. The van der Waals surface area contributed by atoms with Crippen LogP contribution < -0.4 is 10.6 Å². The average Bonchev–Trinajstić information content (AvgIpc) is 2.36. The van der Waals surface area contributed by atoms with E-state index in [1.807, 2.05) is 0 Å². The van der Waals surface area contributed by atoms with Crippen LogP contribution in [-0.2, 0) is 14.3 Å². The second-order valence-corrected chi connectivity index (χ2v) is 3.86. The van der Waals surface area contributed by atoms with Gasteiger partial charge in [-0.2, -0.15) is 0 Å². The number of amides is 2. The first-order valence-corrected chi connectivity index (χ1v) is 5.41. The van der Waals surface area contributed by atoms with Crippen molar-refractivity contribution >= 4 is 17.8 Å². The molecule has 0 spiro atoms. The largest absolute Gasteiger partial charge is 0.439 e. The van der Waals surface area contributed by atoms with Gasteiger partial charge in [-0.15, -0.1) is 0 Å². The van der Waals surface area contributed by atoms with Crippen molar-refractivity contribution in [3.8, 4) is 0 Å². The molecule has 0 radical (unpaired) electrons. The number of β-lactam (4-membered cyclic amide) rings is 1. The monoisotopic (exact) mass is 248 g/mol. The Morgan fingerprint density at radius 1 is 1.28 bits per heavy atom. The van der Waals surface area contributed by atoms with Gasteiger partial charge in [0.15, 0.2) is 6.04 Å². The average molecular weight is 248 g/mol. The lowest BCUT2D eigenvalue weighted by atomic mass is 10.1. The molecule has 2 N–H and O–H groups in total. The lowest BCUT2D eigenvalue weighted by molar-refractivity contribution is -0.162. The molecule has 2 amide bonds. The molecule has 94 valence electrons. The van der Waals surface area contributed by atoms with E-state index in [0.29, 0.717) is 5.56 Å². The van der Waals surface area contributed by atoms with Crippen LogP contribution in [0.1, 0.15) is 17.3 Å². The maximum atomic E-state index is 11.8. The number of carbonyl (C=O) groups excluding carboxylic acids is 3. The van der Waals surface area contributed by atoms with E-state index in [-0.39, 0.29) is 11.8 Å². The van der Waals surface area contributed by atoms with Gasteiger partial charge in [0, 0.05) is 12.5 Å². The fourth-order valence-electron chi connectivity index (χ4n) is 1.59. The van der Waals surface area contributed by atoms with Gasteiger partial charge in [0.25, 0.3) is 11.8 Å². The van der Waals surface area contributed by atoms with E-state index in [4.69, 9.17) is 4.74 Å². The van der Waals surface area contributed by atoms with Crippen molar-refractivity contribution in [1.82, 2.24) is 10.6 Å². The third kappa shape index (κ3) is 2.48. The molecule has 0 aromatic heterocycles. The molecule has 2 rings (SSSR count). The van der Waals surface area contributed by atoms with Crippen LogP contribution in [0.2, 0.25) is 0 Å². The Kier molecular flexibility index (Phi) is 3.27. The summed E-state index contributed by atoms with van der Waals surface area (Å²) in [5.74, 6) is -1.27. The Balaban J connectivity index is 1.98. The van der Waals surface area contributed by atoms with Crippen LogP contribution in [0.4, 0.5) is 0 Å². The summed E-state index contributed by atoms with van der Waals surface area (Å²) in [7, 11) is 0. The van der Waals surface area contributed by atoms with E-state index < -0.39 is 18.2 Å². The standard InChI is InChI=1S/C12H12N2O4/c1-7(15)18-12-9(11(17)14-12)13-10(16)8-5-3-2-4-6-8/h2-6,9,12H,1H3,(H,13,16)(H,14,17)/t9?,12-/m0/s1. The molecule has 2 atom stereocenters. The van der Waals surface area contributed by atoms with Crippen molar-refractivity contribution in [3.63, 3.8) is 0 Å². The zero-order chi connectivity index (χ0) is 13.1. The summed E-state index contributed by atoms with van der Waals surface area (Å²) >= 11 is 0. The van der Waals surface area contributed by atoms with Gasteiger partial charge >= 0.3 is 5.97 Å². The van der Waals surface area contributed by atoms with Gasteiger partial charge in [-0.25, -0.2) is 0 Å².